The first-order valence-electron chi connectivity index (χ1n) is 7.85. The van der Waals surface area contributed by atoms with Crippen molar-refractivity contribution in [2.75, 3.05) is 5.32 Å². The summed E-state index contributed by atoms with van der Waals surface area (Å²) in [4.78, 5) is 12.4. The molecule has 3 aromatic rings. The van der Waals surface area contributed by atoms with E-state index < -0.39 is 11.7 Å². The molecule has 5 nitrogen and oxygen atoms in total. The third-order valence-electron chi connectivity index (χ3n) is 3.71. The number of halogens is 1. The van der Waals surface area contributed by atoms with Gasteiger partial charge in [-0.15, -0.1) is 10.2 Å². The summed E-state index contributed by atoms with van der Waals surface area (Å²) in [6, 6.07) is 13.5. The number of hydrogen-bond acceptors (Lipinski definition) is 4. The molecular weight excluding hydrogens is 321 g/mol. The molecule has 1 heterocycles. The number of hydrogen-bond donors (Lipinski definition) is 1. The average Bonchev–Trinajstić information content (AvgIpc) is 3.04. The largest absolute Gasteiger partial charge is 0.412 e. The van der Waals surface area contributed by atoms with Crippen molar-refractivity contribution in [2.24, 2.45) is 0 Å². The van der Waals surface area contributed by atoms with Crippen molar-refractivity contribution in [2.45, 2.75) is 26.2 Å². The number of rotatable bonds is 3. The minimum Gasteiger partial charge on any atom is -0.412 e. The van der Waals surface area contributed by atoms with Gasteiger partial charge in [-0.1, -0.05) is 51.1 Å². The number of aromatic nitrogens is 2. The second-order valence-corrected chi connectivity index (χ2v) is 6.64. The molecule has 25 heavy (non-hydrogen) atoms. The predicted octanol–water partition coefficient (Wildman–Crippen LogP) is 4.43. The Balaban J connectivity index is 1.86. The number of benzene rings is 2. The van der Waals surface area contributed by atoms with Crippen molar-refractivity contribution >= 4 is 11.6 Å². The lowest BCUT2D eigenvalue weighted by molar-refractivity contribution is 0.0990. The molecule has 0 fully saturated rings. The van der Waals surface area contributed by atoms with E-state index in [2.05, 4.69) is 36.3 Å². The molecule has 3 rings (SSSR count). The van der Waals surface area contributed by atoms with Crippen LogP contribution in [0.3, 0.4) is 0 Å². The minimum atomic E-state index is -0.535. The number of amides is 1. The summed E-state index contributed by atoms with van der Waals surface area (Å²) in [5, 5.41) is 10.3. The molecule has 1 N–H and O–H groups in total. The van der Waals surface area contributed by atoms with E-state index in [9.17, 15) is 9.18 Å². The minimum absolute atomic E-state index is 0.0349. The van der Waals surface area contributed by atoms with Gasteiger partial charge in [0.25, 0.3) is 5.89 Å². The molecule has 0 atom stereocenters. The highest BCUT2D eigenvalue weighted by atomic mass is 19.1. The van der Waals surface area contributed by atoms with Gasteiger partial charge in [0.2, 0.25) is 0 Å². The van der Waals surface area contributed by atoms with E-state index in [0.717, 1.165) is 5.56 Å². The zero-order chi connectivity index (χ0) is 18.0. The van der Waals surface area contributed by atoms with Crippen LogP contribution < -0.4 is 5.32 Å². The van der Waals surface area contributed by atoms with Crippen LogP contribution in [0.2, 0.25) is 0 Å². The molecule has 0 saturated carbocycles. The molecular formula is C19H18FN3O2. The van der Waals surface area contributed by atoms with Crippen LogP contribution >= 0.6 is 0 Å². The van der Waals surface area contributed by atoms with Crippen LogP contribution in [0.15, 0.2) is 52.9 Å². The van der Waals surface area contributed by atoms with E-state index in [1.807, 2.05) is 24.3 Å². The van der Waals surface area contributed by atoms with Crippen molar-refractivity contribution in [3.63, 3.8) is 0 Å². The van der Waals surface area contributed by atoms with Crippen LogP contribution in [-0.4, -0.2) is 16.1 Å². The Kier molecular flexibility index (Phi) is 4.35. The van der Waals surface area contributed by atoms with Gasteiger partial charge < -0.3 is 9.73 Å². The summed E-state index contributed by atoms with van der Waals surface area (Å²) in [5.74, 6) is -1.28. The summed E-state index contributed by atoms with van der Waals surface area (Å²) < 4.78 is 19.1. The molecule has 0 radical (unpaired) electrons. The highest BCUT2D eigenvalue weighted by Gasteiger charge is 2.22. The monoisotopic (exact) mass is 339 g/mol. The van der Waals surface area contributed by atoms with E-state index in [-0.39, 0.29) is 22.8 Å². The van der Waals surface area contributed by atoms with E-state index >= 15 is 0 Å². The molecule has 2 aromatic carbocycles. The molecule has 0 aliphatic rings. The Morgan fingerprint density at radius 2 is 1.72 bits per heavy atom. The number of anilines is 1. The number of carbonyl (C=O) groups excluding carboxylic acids is 1. The van der Waals surface area contributed by atoms with Crippen molar-refractivity contribution in [1.29, 1.82) is 0 Å². The van der Waals surface area contributed by atoms with Crippen LogP contribution in [0.5, 0.6) is 0 Å². The second-order valence-electron chi connectivity index (χ2n) is 6.64. The molecule has 0 bridgehead atoms. The molecule has 6 heteroatoms. The zero-order valence-corrected chi connectivity index (χ0v) is 14.2. The summed E-state index contributed by atoms with van der Waals surface area (Å²) in [5.41, 5.74) is 1.67. The summed E-state index contributed by atoms with van der Waals surface area (Å²) >= 11 is 0. The molecule has 128 valence electrons. The smallest absolute Gasteiger partial charge is 0.313 e. The van der Waals surface area contributed by atoms with Crippen molar-refractivity contribution in [3.05, 3.63) is 65.8 Å². The van der Waals surface area contributed by atoms with Crippen molar-refractivity contribution in [3.8, 4) is 11.5 Å². The van der Waals surface area contributed by atoms with E-state index in [1.165, 1.54) is 12.1 Å². The lowest BCUT2D eigenvalue weighted by atomic mass is 9.86. The fourth-order valence-corrected chi connectivity index (χ4v) is 2.48. The number of nitrogens with one attached hydrogen (secondary N) is 1. The van der Waals surface area contributed by atoms with Gasteiger partial charge in [0.05, 0.1) is 5.56 Å². The maximum Gasteiger partial charge on any atom is 0.313 e. The van der Waals surface area contributed by atoms with Gasteiger partial charge in [0.1, 0.15) is 5.82 Å². The Morgan fingerprint density at radius 3 is 2.44 bits per heavy atom. The Labute approximate surface area is 144 Å². The molecule has 0 aliphatic carbocycles. The summed E-state index contributed by atoms with van der Waals surface area (Å²) in [7, 11) is 0. The molecule has 0 spiro atoms. The number of para-hydroxylation sites is 1. The standard InChI is InChI=1S/C19H18FN3O2/c1-19(2,3)13-9-5-7-11-15(13)21-16(24)18-23-22-17(25-18)12-8-4-6-10-14(12)20/h4-11H,1-3H3,(H,21,24). The fourth-order valence-electron chi connectivity index (χ4n) is 2.48. The van der Waals surface area contributed by atoms with Gasteiger partial charge in [0.15, 0.2) is 0 Å². The van der Waals surface area contributed by atoms with Crippen LogP contribution in [0.1, 0.15) is 37.0 Å². The van der Waals surface area contributed by atoms with Gasteiger partial charge in [-0.25, -0.2) is 4.39 Å². The second kappa shape index (κ2) is 6.47. The molecule has 1 aromatic heterocycles. The first-order valence-corrected chi connectivity index (χ1v) is 7.85. The van der Waals surface area contributed by atoms with Crippen LogP contribution in [0, 0.1) is 5.82 Å². The predicted molar refractivity (Wildman–Crippen MR) is 92.8 cm³/mol. The van der Waals surface area contributed by atoms with E-state index in [1.54, 1.807) is 12.1 Å². The van der Waals surface area contributed by atoms with Crippen LogP contribution in [0.25, 0.3) is 11.5 Å². The lowest BCUT2D eigenvalue weighted by Gasteiger charge is -2.22. The number of nitrogens with zero attached hydrogens (tertiary/aromatic N) is 2. The number of carbonyl (C=O) groups is 1. The first kappa shape index (κ1) is 16.8. The average molecular weight is 339 g/mol. The van der Waals surface area contributed by atoms with Crippen molar-refractivity contribution < 1.29 is 13.6 Å². The fraction of sp³-hybridized carbons (Fsp3) is 0.211. The third-order valence-corrected chi connectivity index (χ3v) is 3.71. The molecule has 0 saturated heterocycles. The molecule has 1 amide bonds. The first-order chi connectivity index (χ1) is 11.9. The van der Waals surface area contributed by atoms with Gasteiger partial charge in [-0.05, 0) is 29.2 Å². The normalized spacial score (nSPS) is 11.4. The quantitative estimate of drug-likeness (QED) is 0.767. The third kappa shape index (κ3) is 3.57. The SMILES string of the molecule is CC(C)(C)c1ccccc1NC(=O)c1nnc(-c2ccccc2F)o1. The highest BCUT2D eigenvalue weighted by molar-refractivity contribution is 6.01. The van der Waals surface area contributed by atoms with Crippen molar-refractivity contribution in [1.82, 2.24) is 10.2 Å². The van der Waals surface area contributed by atoms with Gasteiger partial charge in [-0.3, -0.25) is 4.79 Å². The Bertz CT molecular complexity index is 913. The topological polar surface area (TPSA) is 68.0 Å². The lowest BCUT2D eigenvalue weighted by Crippen LogP contribution is -2.18. The van der Waals surface area contributed by atoms with Gasteiger partial charge >= 0.3 is 11.8 Å². The molecule has 0 unspecified atom stereocenters. The van der Waals surface area contributed by atoms with E-state index in [0.29, 0.717) is 5.69 Å². The zero-order valence-electron chi connectivity index (χ0n) is 14.2. The maximum atomic E-state index is 13.8. The van der Waals surface area contributed by atoms with E-state index in [4.69, 9.17) is 4.42 Å². The maximum absolute atomic E-state index is 13.8. The highest BCUT2D eigenvalue weighted by Crippen LogP contribution is 2.29. The Morgan fingerprint density at radius 1 is 1.04 bits per heavy atom. The summed E-state index contributed by atoms with van der Waals surface area (Å²) in [6.07, 6.45) is 0. The Hall–Kier alpha value is -3.02. The van der Waals surface area contributed by atoms with Gasteiger partial charge in [0, 0.05) is 5.69 Å². The molecule has 0 aliphatic heterocycles. The summed E-state index contributed by atoms with van der Waals surface area (Å²) in [6.45, 7) is 6.17. The van der Waals surface area contributed by atoms with Gasteiger partial charge in [-0.2, -0.15) is 0 Å². The van der Waals surface area contributed by atoms with Crippen LogP contribution in [0.4, 0.5) is 10.1 Å². The van der Waals surface area contributed by atoms with Crippen LogP contribution in [-0.2, 0) is 5.41 Å².